The third-order valence-electron chi connectivity index (χ3n) is 3.75. The second kappa shape index (κ2) is 7.32. The normalized spacial score (nSPS) is 10.4. The van der Waals surface area contributed by atoms with E-state index >= 15 is 0 Å². The summed E-state index contributed by atoms with van der Waals surface area (Å²) in [7, 11) is 1.67. The van der Waals surface area contributed by atoms with Crippen LogP contribution in [-0.4, -0.2) is 28.8 Å². The van der Waals surface area contributed by atoms with E-state index < -0.39 is 5.91 Å². The van der Waals surface area contributed by atoms with Crippen LogP contribution in [0.3, 0.4) is 0 Å². The van der Waals surface area contributed by atoms with Crippen molar-refractivity contribution in [1.29, 1.82) is 0 Å². The van der Waals surface area contributed by atoms with Gasteiger partial charge in [0.25, 0.3) is 11.8 Å². The first-order valence-corrected chi connectivity index (χ1v) is 8.63. The number of aromatic nitrogens is 2. The van der Waals surface area contributed by atoms with E-state index in [9.17, 15) is 9.59 Å². The third-order valence-corrected chi connectivity index (χ3v) is 4.74. The van der Waals surface area contributed by atoms with Gasteiger partial charge in [-0.1, -0.05) is 41.7 Å². The van der Waals surface area contributed by atoms with Crippen LogP contribution in [0.2, 0.25) is 0 Å². The Morgan fingerprint density at radius 3 is 2.54 bits per heavy atom. The Balaban J connectivity index is 2.02. The van der Waals surface area contributed by atoms with Gasteiger partial charge >= 0.3 is 0 Å². The number of anilines is 2. The first-order chi connectivity index (χ1) is 12.5. The number of hydrogen-bond acceptors (Lipinski definition) is 6. The van der Waals surface area contributed by atoms with Crippen molar-refractivity contribution < 1.29 is 9.59 Å². The average molecular weight is 367 g/mol. The Bertz CT molecular complexity index is 969. The molecule has 0 aliphatic carbocycles. The number of nitrogens with one attached hydrogen (secondary N) is 2. The lowest BCUT2D eigenvalue weighted by molar-refractivity contribution is 0.0997. The van der Waals surface area contributed by atoms with E-state index in [0.29, 0.717) is 21.4 Å². The number of thiazole rings is 1. The maximum Gasteiger partial charge on any atom is 0.270 e. The number of carbonyl (C=O) groups excluding carboxylic acids is 2. The molecule has 0 aliphatic rings. The predicted octanol–water partition coefficient (Wildman–Crippen LogP) is 2.91. The molecular weight excluding hydrogens is 350 g/mol. The highest BCUT2D eigenvalue weighted by molar-refractivity contribution is 7.20. The molecule has 0 spiro atoms. The van der Waals surface area contributed by atoms with Gasteiger partial charge in [-0.15, -0.1) is 0 Å². The van der Waals surface area contributed by atoms with Crippen LogP contribution in [0.15, 0.2) is 42.6 Å². The van der Waals surface area contributed by atoms with E-state index in [1.54, 1.807) is 26.2 Å². The minimum Gasteiger partial charge on any atom is -0.365 e. The van der Waals surface area contributed by atoms with Crippen LogP contribution in [0.5, 0.6) is 0 Å². The van der Waals surface area contributed by atoms with Crippen molar-refractivity contribution in [2.24, 2.45) is 5.73 Å². The number of amides is 2. The van der Waals surface area contributed by atoms with Gasteiger partial charge in [-0.05, 0) is 24.1 Å². The molecule has 0 aliphatic heterocycles. The Hall–Kier alpha value is -3.26. The minimum absolute atomic E-state index is 0.0236. The minimum atomic E-state index is -0.704. The van der Waals surface area contributed by atoms with Crippen LogP contribution in [-0.2, 0) is 0 Å². The molecule has 132 valence electrons. The Labute approximate surface area is 154 Å². The number of hydrogen-bond donors (Lipinski definition) is 3. The van der Waals surface area contributed by atoms with E-state index in [4.69, 9.17) is 5.73 Å². The molecule has 1 aromatic carbocycles. The first kappa shape index (κ1) is 17.6. The van der Waals surface area contributed by atoms with Crippen molar-refractivity contribution in [2.45, 2.75) is 6.92 Å². The predicted molar refractivity (Wildman–Crippen MR) is 103 cm³/mol. The van der Waals surface area contributed by atoms with Gasteiger partial charge in [0.2, 0.25) is 0 Å². The van der Waals surface area contributed by atoms with Crippen LogP contribution < -0.4 is 16.4 Å². The quantitative estimate of drug-likeness (QED) is 0.642. The summed E-state index contributed by atoms with van der Waals surface area (Å²) < 4.78 is 0. The largest absolute Gasteiger partial charge is 0.365 e. The highest BCUT2D eigenvalue weighted by Crippen LogP contribution is 2.30. The lowest BCUT2D eigenvalue weighted by Gasteiger charge is -2.12. The van der Waals surface area contributed by atoms with Crippen LogP contribution in [0.25, 0.3) is 11.1 Å². The zero-order chi connectivity index (χ0) is 18.7. The number of primary amides is 1. The van der Waals surface area contributed by atoms with Crippen molar-refractivity contribution in [3.63, 3.8) is 0 Å². The molecule has 4 N–H and O–H groups in total. The fourth-order valence-corrected chi connectivity index (χ4v) is 3.37. The van der Waals surface area contributed by atoms with Gasteiger partial charge < -0.3 is 16.4 Å². The molecule has 3 rings (SSSR count). The van der Waals surface area contributed by atoms with Gasteiger partial charge in [-0.25, -0.2) is 4.98 Å². The number of benzene rings is 1. The molecule has 0 radical (unpaired) electrons. The van der Waals surface area contributed by atoms with E-state index in [-0.39, 0.29) is 11.6 Å². The van der Waals surface area contributed by atoms with Crippen LogP contribution in [0, 0.1) is 6.92 Å². The summed E-state index contributed by atoms with van der Waals surface area (Å²) >= 11 is 1.14. The van der Waals surface area contributed by atoms with Gasteiger partial charge in [-0.3, -0.25) is 14.6 Å². The van der Waals surface area contributed by atoms with Gasteiger partial charge in [0.05, 0.1) is 11.3 Å². The highest BCUT2D eigenvalue weighted by Gasteiger charge is 2.21. The molecular formula is C18H17N5O2S. The molecule has 0 unspecified atom stereocenters. The summed E-state index contributed by atoms with van der Waals surface area (Å²) in [5, 5.41) is 6.38. The topological polar surface area (TPSA) is 110 Å². The smallest absolute Gasteiger partial charge is 0.270 e. The second-order valence-corrected chi connectivity index (χ2v) is 6.45. The maximum absolute atomic E-state index is 13.0. The molecule has 8 heteroatoms. The summed E-state index contributed by atoms with van der Waals surface area (Å²) in [6.07, 6.45) is 1.66. The molecule has 0 saturated heterocycles. The lowest BCUT2D eigenvalue weighted by Crippen LogP contribution is -2.19. The fourth-order valence-electron chi connectivity index (χ4n) is 2.56. The number of nitrogens with zero attached hydrogens (tertiary/aromatic N) is 2. The van der Waals surface area contributed by atoms with Crippen molar-refractivity contribution in [3.05, 3.63) is 59.5 Å². The number of carbonyl (C=O) groups is 2. The monoisotopic (exact) mass is 367 g/mol. The summed E-state index contributed by atoms with van der Waals surface area (Å²) in [5.74, 6) is -1.08. The first-order valence-electron chi connectivity index (χ1n) is 7.82. The van der Waals surface area contributed by atoms with E-state index in [2.05, 4.69) is 20.6 Å². The van der Waals surface area contributed by atoms with Crippen molar-refractivity contribution in [1.82, 2.24) is 9.97 Å². The number of rotatable bonds is 5. The highest BCUT2D eigenvalue weighted by atomic mass is 32.1. The fraction of sp³-hybridized carbons (Fsp3) is 0.111. The molecule has 2 heterocycles. The third kappa shape index (κ3) is 3.40. The summed E-state index contributed by atoms with van der Waals surface area (Å²) in [6, 6.07) is 11.4. The molecule has 0 saturated carbocycles. The van der Waals surface area contributed by atoms with Gasteiger partial charge in [0.1, 0.15) is 5.00 Å². The summed E-state index contributed by atoms with van der Waals surface area (Å²) in [4.78, 5) is 32.9. The number of aryl methyl sites for hydroxylation is 1. The van der Waals surface area contributed by atoms with Gasteiger partial charge in [0.15, 0.2) is 10.8 Å². The Morgan fingerprint density at radius 2 is 1.88 bits per heavy atom. The molecule has 3 aromatic rings. The number of nitrogens with two attached hydrogens (primary N) is 1. The zero-order valence-electron chi connectivity index (χ0n) is 14.2. The summed E-state index contributed by atoms with van der Waals surface area (Å²) in [5.41, 5.74) is 8.07. The molecule has 7 nitrogen and oxygen atoms in total. The van der Waals surface area contributed by atoms with Crippen molar-refractivity contribution >= 4 is 33.3 Å². The average Bonchev–Trinajstić information content (AvgIpc) is 3.05. The maximum atomic E-state index is 13.0. The van der Waals surface area contributed by atoms with E-state index in [1.807, 2.05) is 30.3 Å². The molecule has 26 heavy (non-hydrogen) atoms. The van der Waals surface area contributed by atoms with E-state index in [0.717, 1.165) is 22.5 Å². The number of pyridine rings is 1. The molecule has 2 amide bonds. The van der Waals surface area contributed by atoms with Crippen LogP contribution >= 0.6 is 11.3 Å². The van der Waals surface area contributed by atoms with Crippen LogP contribution in [0.4, 0.5) is 10.1 Å². The molecule has 0 atom stereocenters. The molecule has 2 aromatic heterocycles. The lowest BCUT2D eigenvalue weighted by atomic mass is 9.99. The molecule has 0 fully saturated rings. The van der Waals surface area contributed by atoms with Gasteiger partial charge in [-0.2, -0.15) is 0 Å². The Kier molecular flexibility index (Phi) is 4.94. The summed E-state index contributed by atoms with van der Waals surface area (Å²) in [6.45, 7) is 1.77. The van der Waals surface area contributed by atoms with Crippen LogP contribution in [0.1, 0.15) is 26.5 Å². The molecule has 0 bridgehead atoms. The van der Waals surface area contributed by atoms with E-state index in [1.165, 1.54) is 0 Å². The Morgan fingerprint density at radius 1 is 1.15 bits per heavy atom. The standard InChI is InChI=1S/C18H17N5O2S/c1-10-13(12(8-9-21-10)11-6-4-3-5-7-11)16(25)23-17-14(15(19)24)22-18(20-2)26-17/h3-9H,1-2H3,(H2,19,24)(H,20,22)(H,23,25). The zero-order valence-corrected chi connectivity index (χ0v) is 15.1. The van der Waals surface area contributed by atoms with Gasteiger partial charge in [0, 0.05) is 13.2 Å². The SMILES string of the molecule is CNc1nc(C(N)=O)c(NC(=O)c2c(-c3ccccc3)ccnc2C)s1. The van der Waals surface area contributed by atoms with Crippen molar-refractivity contribution in [3.8, 4) is 11.1 Å². The second-order valence-electron chi connectivity index (χ2n) is 5.45. The van der Waals surface area contributed by atoms with Crippen molar-refractivity contribution in [2.75, 3.05) is 17.7 Å².